The highest BCUT2D eigenvalue weighted by Gasteiger charge is 2.26. The molecule has 2 amide bonds. The van der Waals surface area contributed by atoms with Crippen molar-refractivity contribution in [3.8, 4) is 0 Å². The molecule has 1 heterocycles. The average Bonchev–Trinajstić information content (AvgIpc) is 2.79. The van der Waals surface area contributed by atoms with Crippen molar-refractivity contribution in [3.63, 3.8) is 0 Å². The second-order valence-corrected chi connectivity index (χ2v) is 9.77. The van der Waals surface area contributed by atoms with Crippen LogP contribution in [0, 0.1) is 0 Å². The van der Waals surface area contributed by atoms with Gasteiger partial charge in [-0.2, -0.15) is 0 Å². The summed E-state index contributed by atoms with van der Waals surface area (Å²) in [5.74, 6) is -0.428. The lowest BCUT2D eigenvalue weighted by Gasteiger charge is -2.34. The number of aryl methyl sites for hydroxylation is 1. The molecule has 0 atom stereocenters. The minimum absolute atomic E-state index is 0.0181. The number of para-hydroxylation sites is 1. The summed E-state index contributed by atoms with van der Waals surface area (Å²) in [5, 5.41) is 3.16. The van der Waals surface area contributed by atoms with Crippen molar-refractivity contribution in [1.82, 2.24) is 14.5 Å². The molecule has 2 aromatic rings. The van der Waals surface area contributed by atoms with Crippen molar-refractivity contribution in [2.24, 2.45) is 0 Å². The molecule has 1 fully saturated rings. The van der Waals surface area contributed by atoms with E-state index in [2.05, 4.69) is 10.0 Å². The van der Waals surface area contributed by atoms with Gasteiger partial charge >= 0.3 is 0 Å². The number of carbonyl (C=O) groups excluding carboxylic acids is 2. The molecule has 2 N–H and O–H groups in total. The Bertz CT molecular complexity index is 1100. The lowest BCUT2D eigenvalue weighted by Crippen LogP contribution is -2.50. The van der Waals surface area contributed by atoms with E-state index in [1.54, 1.807) is 4.90 Å². The van der Waals surface area contributed by atoms with Gasteiger partial charge in [-0.3, -0.25) is 14.5 Å². The van der Waals surface area contributed by atoms with Crippen LogP contribution in [0.2, 0.25) is 5.02 Å². The van der Waals surface area contributed by atoms with Crippen LogP contribution < -0.4 is 10.0 Å². The fourth-order valence-electron chi connectivity index (χ4n) is 3.58. The van der Waals surface area contributed by atoms with E-state index in [1.165, 1.54) is 25.2 Å². The highest BCUT2D eigenvalue weighted by Crippen LogP contribution is 2.23. The zero-order valence-electron chi connectivity index (χ0n) is 18.1. The molecule has 0 bridgehead atoms. The molecule has 0 unspecified atom stereocenters. The second kappa shape index (κ2) is 10.4. The first-order valence-electron chi connectivity index (χ1n) is 10.4. The number of sulfonamides is 1. The summed E-state index contributed by atoms with van der Waals surface area (Å²) < 4.78 is 26.3. The summed E-state index contributed by atoms with van der Waals surface area (Å²) in [7, 11) is -2.38. The molecule has 8 nitrogen and oxygen atoms in total. The highest BCUT2D eigenvalue weighted by molar-refractivity contribution is 7.89. The second-order valence-electron chi connectivity index (χ2n) is 7.48. The van der Waals surface area contributed by atoms with Gasteiger partial charge in [0.25, 0.3) is 5.91 Å². The van der Waals surface area contributed by atoms with Crippen LogP contribution in [0.25, 0.3) is 0 Å². The van der Waals surface area contributed by atoms with E-state index in [0.717, 1.165) is 17.7 Å². The van der Waals surface area contributed by atoms with E-state index in [0.29, 0.717) is 26.2 Å². The zero-order valence-corrected chi connectivity index (χ0v) is 19.7. The number of carbonyl (C=O) groups is 2. The molecule has 1 aliphatic heterocycles. The molecular formula is C22H27ClN4O4S. The van der Waals surface area contributed by atoms with Gasteiger partial charge in [0.2, 0.25) is 15.9 Å². The molecule has 0 aliphatic carbocycles. The van der Waals surface area contributed by atoms with Gasteiger partial charge in [-0.25, -0.2) is 13.1 Å². The van der Waals surface area contributed by atoms with E-state index < -0.39 is 10.0 Å². The Morgan fingerprint density at radius 1 is 1.06 bits per heavy atom. The number of hydrogen-bond acceptors (Lipinski definition) is 5. The number of hydrogen-bond donors (Lipinski definition) is 2. The molecule has 0 saturated carbocycles. The molecular weight excluding hydrogens is 452 g/mol. The third-order valence-electron chi connectivity index (χ3n) is 5.45. The average molecular weight is 479 g/mol. The summed E-state index contributed by atoms with van der Waals surface area (Å²) in [6.45, 7) is 4.16. The minimum Gasteiger partial charge on any atom is -0.336 e. The lowest BCUT2D eigenvalue weighted by atomic mass is 10.1. The fourth-order valence-corrected chi connectivity index (χ4v) is 4.53. The Balaban J connectivity index is 1.59. The summed E-state index contributed by atoms with van der Waals surface area (Å²) in [4.78, 5) is 29.0. The first-order chi connectivity index (χ1) is 15.2. The van der Waals surface area contributed by atoms with Crippen LogP contribution in [0.4, 0.5) is 5.69 Å². The van der Waals surface area contributed by atoms with E-state index in [-0.39, 0.29) is 33.8 Å². The van der Waals surface area contributed by atoms with Gasteiger partial charge in [-0.05, 0) is 43.3 Å². The maximum absolute atomic E-state index is 13.0. The van der Waals surface area contributed by atoms with Crippen LogP contribution in [-0.2, 0) is 21.2 Å². The van der Waals surface area contributed by atoms with Gasteiger partial charge in [0.05, 0.1) is 22.0 Å². The number of anilines is 1. The van der Waals surface area contributed by atoms with E-state index in [1.807, 2.05) is 36.1 Å². The molecule has 10 heteroatoms. The summed E-state index contributed by atoms with van der Waals surface area (Å²) in [5.41, 5.74) is 2.04. The summed E-state index contributed by atoms with van der Waals surface area (Å²) in [6, 6.07) is 11.8. The third-order valence-corrected chi connectivity index (χ3v) is 7.19. The summed E-state index contributed by atoms with van der Waals surface area (Å²) >= 11 is 6.18. The molecule has 2 aromatic carbocycles. The number of nitrogens with one attached hydrogen (secondary N) is 2. The van der Waals surface area contributed by atoms with E-state index >= 15 is 0 Å². The fraction of sp³-hybridized carbons (Fsp3) is 0.364. The van der Waals surface area contributed by atoms with E-state index in [4.69, 9.17) is 11.6 Å². The van der Waals surface area contributed by atoms with Gasteiger partial charge in [0.1, 0.15) is 0 Å². The van der Waals surface area contributed by atoms with Gasteiger partial charge < -0.3 is 10.2 Å². The van der Waals surface area contributed by atoms with Crippen molar-refractivity contribution in [3.05, 3.63) is 58.6 Å². The molecule has 1 saturated heterocycles. The van der Waals surface area contributed by atoms with Crippen LogP contribution in [0.5, 0.6) is 0 Å². The van der Waals surface area contributed by atoms with Crippen LogP contribution in [0.15, 0.2) is 47.4 Å². The van der Waals surface area contributed by atoms with Crippen LogP contribution in [0.3, 0.4) is 0 Å². The van der Waals surface area contributed by atoms with E-state index in [9.17, 15) is 18.0 Å². The minimum atomic E-state index is -3.69. The van der Waals surface area contributed by atoms with Crippen molar-refractivity contribution in [2.75, 3.05) is 45.1 Å². The molecule has 0 spiro atoms. The number of piperazine rings is 1. The lowest BCUT2D eigenvalue weighted by molar-refractivity contribution is -0.117. The quantitative estimate of drug-likeness (QED) is 0.635. The van der Waals surface area contributed by atoms with Crippen molar-refractivity contribution < 1.29 is 18.0 Å². The standard InChI is InChI=1S/C22H27ClN4O4S/c1-3-16-6-4-5-7-20(16)25-21(28)15-26-10-12-27(13-11-26)22(29)18-14-17(8-9-19(18)23)32(30,31)24-2/h4-9,14,24H,3,10-13,15H2,1-2H3,(H,25,28). The smallest absolute Gasteiger partial charge is 0.255 e. The van der Waals surface area contributed by atoms with Gasteiger partial charge in [-0.1, -0.05) is 36.7 Å². The Morgan fingerprint density at radius 2 is 1.75 bits per heavy atom. The van der Waals surface area contributed by atoms with Crippen molar-refractivity contribution >= 4 is 39.1 Å². The van der Waals surface area contributed by atoms with Gasteiger partial charge in [0.15, 0.2) is 0 Å². The Labute approximate surface area is 193 Å². The van der Waals surface area contributed by atoms with Crippen LogP contribution in [0.1, 0.15) is 22.8 Å². The molecule has 172 valence electrons. The van der Waals surface area contributed by atoms with Crippen molar-refractivity contribution in [1.29, 1.82) is 0 Å². The number of amides is 2. The first kappa shape index (κ1) is 24.2. The molecule has 0 radical (unpaired) electrons. The number of benzene rings is 2. The van der Waals surface area contributed by atoms with Gasteiger partial charge in [0, 0.05) is 31.9 Å². The molecule has 32 heavy (non-hydrogen) atoms. The largest absolute Gasteiger partial charge is 0.336 e. The molecule has 3 rings (SSSR count). The van der Waals surface area contributed by atoms with Crippen LogP contribution in [-0.4, -0.2) is 69.8 Å². The first-order valence-corrected chi connectivity index (χ1v) is 12.2. The van der Waals surface area contributed by atoms with Crippen molar-refractivity contribution in [2.45, 2.75) is 18.2 Å². The van der Waals surface area contributed by atoms with Crippen LogP contribution >= 0.6 is 11.6 Å². The predicted molar refractivity (Wildman–Crippen MR) is 124 cm³/mol. The monoisotopic (exact) mass is 478 g/mol. The van der Waals surface area contributed by atoms with Gasteiger partial charge in [-0.15, -0.1) is 0 Å². The number of nitrogens with zero attached hydrogens (tertiary/aromatic N) is 2. The highest BCUT2D eigenvalue weighted by atomic mass is 35.5. The topological polar surface area (TPSA) is 98.8 Å². The zero-order chi connectivity index (χ0) is 23.3. The third kappa shape index (κ3) is 5.66. The number of halogens is 1. The maximum Gasteiger partial charge on any atom is 0.255 e. The SMILES string of the molecule is CCc1ccccc1NC(=O)CN1CCN(C(=O)c2cc(S(=O)(=O)NC)ccc2Cl)CC1. The summed E-state index contributed by atoms with van der Waals surface area (Å²) in [6.07, 6.45) is 0.830. The Kier molecular flexibility index (Phi) is 7.89. The molecule has 0 aromatic heterocycles. The normalized spacial score (nSPS) is 14.9. The molecule has 1 aliphatic rings. The number of rotatable bonds is 7. The predicted octanol–water partition coefficient (Wildman–Crippen LogP) is 2.21. The Hall–Kier alpha value is -2.46. The Morgan fingerprint density at radius 3 is 2.41 bits per heavy atom. The maximum atomic E-state index is 13.0.